The fraction of sp³-hybridized carbons (Fsp3) is 0.567. The molecule has 2 nitrogen and oxygen atoms in total. The summed E-state index contributed by atoms with van der Waals surface area (Å²) in [4.78, 5) is 4.40. The van der Waals surface area contributed by atoms with E-state index in [2.05, 4.69) is 11.9 Å². The molecule has 3 aliphatic rings. The molecule has 0 bridgehead atoms. The molecule has 5 rings (SSSR count). The molecule has 1 heterocycles. The molecule has 0 N–H and O–H groups in total. The van der Waals surface area contributed by atoms with Crippen molar-refractivity contribution >= 4 is 5.90 Å². The van der Waals surface area contributed by atoms with Gasteiger partial charge in [-0.05, 0) is 105 Å². The first-order valence-electron chi connectivity index (χ1n) is 13.3. The summed E-state index contributed by atoms with van der Waals surface area (Å²) in [5.41, 5.74) is 0.543. The second-order valence-corrected chi connectivity index (χ2v) is 11.6. The number of aliphatic imine (C=N–C) groups is 1. The molecule has 2 fully saturated rings. The van der Waals surface area contributed by atoms with Crippen molar-refractivity contribution in [1.29, 1.82) is 0 Å². The zero-order valence-corrected chi connectivity index (χ0v) is 21.0. The predicted octanol–water partition coefficient (Wildman–Crippen LogP) is 8.43. The lowest BCUT2D eigenvalue weighted by Gasteiger charge is -2.42. The largest absolute Gasteiger partial charge is 0.475 e. The van der Waals surface area contributed by atoms with Crippen molar-refractivity contribution in [3.05, 3.63) is 58.9 Å². The van der Waals surface area contributed by atoms with E-state index in [1.54, 1.807) is 0 Å². The molecule has 0 aromatic heterocycles. The Morgan fingerprint density at radius 3 is 2.29 bits per heavy atom. The first kappa shape index (κ1) is 24.4. The van der Waals surface area contributed by atoms with Gasteiger partial charge in [-0.25, -0.2) is 18.2 Å². The molecule has 4 atom stereocenters. The number of ether oxygens (including phenoxy) is 1. The van der Waals surface area contributed by atoms with Gasteiger partial charge in [-0.1, -0.05) is 32.3 Å². The van der Waals surface area contributed by atoms with Crippen molar-refractivity contribution < 1.29 is 17.9 Å². The van der Waals surface area contributed by atoms with Crippen molar-refractivity contribution in [2.75, 3.05) is 6.61 Å². The molecule has 0 amide bonds. The van der Waals surface area contributed by atoms with Crippen molar-refractivity contribution in [1.82, 2.24) is 0 Å². The van der Waals surface area contributed by atoms with Gasteiger partial charge in [0.1, 0.15) is 24.1 Å². The van der Waals surface area contributed by atoms with Crippen LogP contribution in [0.2, 0.25) is 0 Å². The number of hydrogen-bond acceptors (Lipinski definition) is 2. The Hall–Kier alpha value is -2.30. The highest BCUT2D eigenvalue weighted by molar-refractivity contribution is 5.96. The maximum absolute atomic E-state index is 15.2. The summed E-state index contributed by atoms with van der Waals surface area (Å²) in [6, 6.07) is 7.16. The average molecular weight is 484 g/mol. The first-order valence-corrected chi connectivity index (χ1v) is 13.3. The second-order valence-electron chi connectivity index (χ2n) is 11.6. The Kier molecular flexibility index (Phi) is 6.71. The topological polar surface area (TPSA) is 21.6 Å². The van der Waals surface area contributed by atoms with Crippen molar-refractivity contribution in [3.8, 4) is 11.1 Å². The normalized spacial score (nSPS) is 27.8. The zero-order valence-electron chi connectivity index (χ0n) is 21.0. The van der Waals surface area contributed by atoms with E-state index in [-0.39, 0.29) is 28.5 Å². The van der Waals surface area contributed by atoms with E-state index in [1.165, 1.54) is 62.4 Å². The molecule has 188 valence electrons. The van der Waals surface area contributed by atoms with E-state index in [1.807, 2.05) is 13.8 Å². The van der Waals surface area contributed by atoms with Crippen LogP contribution in [0.1, 0.15) is 89.2 Å². The van der Waals surface area contributed by atoms with Gasteiger partial charge < -0.3 is 4.74 Å². The van der Waals surface area contributed by atoms with Gasteiger partial charge in [-0.15, -0.1) is 0 Å². The second kappa shape index (κ2) is 9.63. The van der Waals surface area contributed by atoms with Crippen LogP contribution in [0.15, 0.2) is 35.3 Å². The molecule has 2 aromatic carbocycles. The number of nitrogens with zero attached hydrogens (tertiary/aromatic N) is 1. The third-order valence-corrected chi connectivity index (χ3v) is 8.41. The molecule has 0 spiro atoms. The molecule has 2 aliphatic carbocycles. The Bertz CT molecular complexity index is 1100. The number of benzene rings is 2. The third kappa shape index (κ3) is 5.01. The van der Waals surface area contributed by atoms with E-state index in [0.717, 1.165) is 36.7 Å². The summed E-state index contributed by atoms with van der Waals surface area (Å²) in [5.74, 6) is 0.863. The van der Waals surface area contributed by atoms with Crippen LogP contribution in [-0.4, -0.2) is 18.0 Å². The Labute approximate surface area is 207 Å². The quantitative estimate of drug-likeness (QED) is 0.418. The van der Waals surface area contributed by atoms with Crippen LogP contribution in [0, 0.1) is 35.2 Å². The van der Waals surface area contributed by atoms with E-state index >= 15 is 8.78 Å². The number of halogens is 3. The zero-order chi connectivity index (χ0) is 24.7. The van der Waals surface area contributed by atoms with E-state index in [9.17, 15) is 4.39 Å². The molecule has 1 unspecified atom stereocenters. The van der Waals surface area contributed by atoms with E-state index < -0.39 is 23.0 Å². The predicted molar refractivity (Wildman–Crippen MR) is 134 cm³/mol. The van der Waals surface area contributed by atoms with Crippen molar-refractivity contribution in [3.63, 3.8) is 0 Å². The number of rotatable bonds is 5. The van der Waals surface area contributed by atoms with E-state index in [4.69, 9.17) is 4.74 Å². The number of hydrogen-bond donors (Lipinski definition) is 0. The Morgan fingerprint density at radius 2 is 1.63 bits per heavy atom. The van der Waals surface area contributed by atoms with Gasteiger partial charge in [0.05, 0.1) is 16.7 Å². The summed E-state index contributed by atoms with van der Waals surface area (Å²) >= 11 is 0. The first-order chi connectivity index (χ1) is 16.7. The molecule has 0 saturated heterocycles. The molecule has 2 saturated carbocycles. The molecule has 1 aliphatic heterocycles. The van der Waals surface area contributed by atoms with Crippen LogP contribution in [0.3, 0.4) is 0 Å². The molecule has 0 radical (unpaired) electrons. The van der Waals surface area contributed by atoms with Gasteiger partial charge in [-0.3, -0.25) is 0 Å². The van der Waals surface area contributed by atoms with Gasteiger partial charge in [0, 0.05) is 0 Å². The van der Waals surface area contributed by atoms with E-state index in [0.29, 0.717) is 12.5 Å². The third-order valence-electron chi connectivity index (χ3n) is 8.41. The number of fused-ring (bicyclic) bond motifs is 1. The Balaban J connectivity index is 1.34. The lowest BCUT2D eigenvalue weighted by atomic mass is 9.63. The minimum atomic E-state index is -0.628. The highest BCUT2D eigenvalue weighted by Crippen LogP contribution is 2.48. The monoisotopic (exact) mass is 483 g/mol. The van der Waals surface area contributed by atoms with Crippen molar-refractivity contribution in [2.24, 2.45) is 22.7 Å². The summed E-state index contributed by atoms with van der Waals surface area (Å²) in [7, 11) is 0. The van der Waals surface area contributed by atoms with Gasteiger partial charge in [0.25, 0.3) is 0 Å². The van der Waals surface area contributed by atoms with Gasteiger partial charge in [-0.2, -0.15) is 0 Å². The maximum atomic E-state index is 15.2. The van der Waals surface area contributed by atoms with Gasteiger partial charge >= 0.3 is 0 Å². The van der Waals surface area contributed by atoms with Crippen LogP contribution in [0.5, 0.6) is 0 Å². The molecule has 5 heteroatoms. The van der Waals surface area contributed by atoms with Crippen LogP contribution in [-0.2, 0) is 4.74 Å². The maximum Gasteiger partial charge on any atom is 0.219 e. The molecular weight excluding hydrogens is 447 g/mol. The minimum Gasteiger partial charge on any atom is -0.475 e. The molecule has 35 heavy (non-hydrogen) atoms. The highest BCUT2D eigenvalue weighted by Gasteiger charge is 2.36. The summed E-state index contributed by atoms with van der Waals surface area (Å²) in [6.07, 6.45) is 9.59. The van der Waals surface area contributed by atoms with Crippen molar-refractivity contribution in [2.45, 2.75) is 83.6 Å². The molecular formula is C30H36F3NO. The smallest absolute Gasteiger partial charge is 0.219 e. The molecule has 2 aromatic rings. The SMILES string of the molecule is CCCC1CC[C@@H]2C[C@H](c3cc(F)c(-c4ccc(C5=NC(C)(C)CO5)c(F)c4)c(F)c3)CC[C@@H]2C1. The van der Waals surface area contributed by atoms with Crippen LogP contribution >= 0.6 is 0 Å². The van der Waals surface area contributed by atoms with Crippen LogP contribution < -0.4 is 0 Å². The standard InChI is InChI=1S/C30H36F3NO/c1-4-5-18-6-7-20-13-21(9-8-19(20)12-18)23-15-26(32)28(27(33)16-23)22-10-11-24(25(31)14-22)29-34-30(2,3)17-35-29/h10-11,14-16,18-21H,4-9,12-13,17H2,1-3H3/t18?,19-,20-,21-/m1/s1. The highest BCUT2D eigenvalue weighted by atomic mass is 19.1. The van der Waals surface area contributed by atoms with Crippen LogP contribution in [0.25, 0.3) is 11.1 Å². The van der Waals surface area contributed by atoms with Gasteiger partial charge in [0.2, 0.25) is 5.90 Å². The lowest BCUT2D eigenvalue weighted by molar-refractivity contribution is 0.114. The average Bonchev–Trinajstić information content (AvgIpc) is 3.18. The van der Waals surface area contributed by atoms with Gasteiger partial charge in [0.15, 0.2) is 0 Å². The fourth-order valence-corrected chi connectivity index (χ4v) is 6.63. The fourth-order valence-electron chi connectivity index (χ4n) is 6.63. The summed E-state index contributed by atoms with van der Waals surface area (Å²) in [6.45, 7) is 6.44. The summed E-state index contributed by atoms with van der Waals surface area (Å²) < 4.78 is 50.9. The van der Waals surface area contributed by atoms with Crippen LogP contribution in [0.4, 0.5) is 13.2 Å². The lowest BCUT2D eigenvalue weighted by Crippen LogP contribution is -2.30. The minimum absolute atomic E-state index is 0.178. The summed E-state index contributed by atoms with van der Waals surface area (Å²) in [5, 5.41) is 0. The Morgan fingerprint density at radius 1 is 0.914 bits per heavy atom.